The summed E-state index contributed by atoms with van der Waals surface area (Å²) in [6.07, 6.45) is 3.75. The van der Waals surface area contributed by atoms with Gasteiger partial charge in [0.2, 0.25) is 5.78 Å². The summed E-state index contributed by atoms with van der Waals surface area (Å²) < 4.78 is 18.7. The molecule has 0 saturated carbocycles. The van der Waals surface area contributed by atoms with E-state index in [9.17, 15) is 9.59 Å². The first-order valence-electron chi connectivity index (χ1n) is 9.37. The van der Waals surface area contributed by atoms with E-state index in [-0.39, 0.29) is 23.9 Å². The van der Waals surface area contributed by atoms with Crippen LogP contribution in [0.1, 0.15) is 29.8 Å². The Balaban J connectivity index is 1.70. The van der Waals surface area contributed by atoms with Gasteiger partial charge >= 0.3 is 0 Å². The van der Waals surface area contributed by atoms with Crippen LogP contribution in [0.5, 0.6) is 17.2 Å². The number of carbonyl (C=O) groups is 2. The number of benzene rings is 2. The van der Waals surface area contributed by atoms with E-state index in [4.69, 9.17) is 14.2 Å². The van der Waals surface area contributed by atoms with Gasteiger partial charge in [0.15, 0.2) is 11.5 Å². The molecule has 0 unspecified atom stereocenters. The highest BCUT2D eigenvalue weighted by molar-refractivity contribution is 6.15. The number of ether oxygens (including phenoxy) is 3. The highest BCUT2D eigenvalue weighted by atomic mass is 16.5. The molecule has 6 nitrogen and oxygen atoms in total. The smallest absolute Gasteiger partial charge is 0.231 e. The van der Waals surface area contributed by atoms with E-state index in [2.05, 4.69) is 11.5 Å². The first-order valence-corrected chi connectivity index (χ1v) is 9.37. The molecule has 2 aromatic carbocycles. The van der Waals surface area contributed by atoms with Crippen molar-refractivity contribution in [2.75, 3.05) is 13.7 Å². The predicted molar refractivity (Wildman–Crippen MR) is 110 cm³/mol. The van der Waals surface area contributed by atoms with E-state index in [1.807, 2.05) is 24.4 Å². The highest BCUT2D eigenvalue weighted by Gasteiger charge is 2.28. The molecular weight excluding hydrogens is 370 g/mol. The highest BCUT2D eigenvalue weighted by Crippen LogP contribution is 2.36. The van der Waals surface area contributed by atoms with Crippen LogP contribution in [0.2, 0.25) is 0 Å². The van der Waals surface area contributed by atoms with E-state index >= 15 is 0 Å². The first kappa shape index (κ1) is 18.8. The summed E-state index contributed by atoms with van der Waals surface area (Å²) in [6, 6.07) is 10.8. The van der Waals surface area contributed by atoms with Gasteiger partial charge in [0, 0.05) is 35.3 Å². The molecular formula is C23H21NO5. The average Bonchev–Trinajstić information content (AvgIpc) is 3.23. The van der Waals surface area contributed by atoms with Crippen LogP contribution in [-0.2, 0) is 11.3 Å². The molecule has 148 valence electrons. The van der Waals surface area contributed by atoms with Crippen LogP contribution in [0.4, 0.5) is 0 Å². The minimum Gasteiger partial charge on any atom is -0.497 e. The Morgan fingerprint density at radius 2 is 1.97 bits per heavy atom. The molecule has 0 spiro atoms. The number of hydrogen-bond acceptors (Lipinski definition) is 5. The molecule has 1 aliphatic heterocycles. The molecule has 1 aromatic heterocycles. The minimum atomic E-state index is -0.182. The van der Waals surface area contributed by atoms with Crippen molar-refractivity contribution in [2.45, 2.75) is 20.4 Å². The zero-order valence-corrected chi connectivity index (χ0v) is 16.5. The molecule has 0 N–H and O–H groups in total. The van der Waals surface area contributed by atoms with Crippen molar-refractivity contribution in [2.24, 2.45) is 0 Å². The fraction of sp³-hybridized carbons (Fsp3) is 0.217. The van der Waals surface area contributed by atoms with Gasteiger partial charge in [-0.1, -0.05) is 0 Å². The second-order valence-corrected chi connectivity index (χ2v) is 6.84. The average molecular weight is 391 g/mol. The quantitative estimate of drug-likeness (QED) is 0.588. The van der Waals surface area contributed by atoms with Crippen LogP contribution in [0.25, 0.3) is 17.0 Å². The third-order valence-electron chi connectivity index (χ3n) is 4.83. The van der Waals surface area contributed by atoms with Gasteiger partial charge in [0.25, 0.3) is 0 Å². The van der Waals surface area contributed by atoms with Crippen LogP contribution >= 0.6 is 0 Å². The molecule has 0 amide bonds. The Morgan fingerprint density at radius 3 is 2.69 bits per heavy atom. The monoisotopic (exact) mass is 391 g/mol. The molecule has 0 saturated heterocycles. The fourth-order valence-corrected chi connectivity index (χ4v) is 3.39. The molecule has 0 atom stereocenters. The SMILES string of the molecule is CCn1cc(/C=C2/Oc3cc(OCC(C)=O)ccc3C2=O)c2cc(OC)ccc21. The summed E-state index contributed by atoms with van der Waals surface area (Å²) in [6.45, 7) is 4.30. The molecule has 6 heteroatoms. The van der Waals surface area contributed by atoms with E-state index in [1.54, 1.807) is 31.4 Å². The number of Topliss-reactive ketones (excluding diaryl/α,β-unsaturated/α-hetero) is 2. The van der Waals surface area contributed by atoms with Gasteiger partial charge < -0.3 is 18.8 Å². The van der Waals surface area contributed by atoms with E-state index in [1.165, 1.54) is 6.92 Å². The van der Waals surface area contributed by atoms with Crippen molar-refractivity contribution >= 4 is 28.5 Å². The molecule has 3 aromatic rings. The van der Waals surface area contributed by atoms with Gasteiger partial charge in [-0.3, -0.25) is 9.59 Å². The summed E-state index contributed by atoms with van der Waals surface area (Å²) >= 11 is 0. The maximum atomic E-state index is 12.8. The molecule has 0 aliphatic carbocycles. The maximum Gasteiger partial charge on any atom is 0.231 e. The predicted octanol–water partition coefficient (Wildman–Crippen LogP) is 4.25. The maximum absolute atomic E-state index is 12.8. The molecule has 4 rings (SSSR count). The zero-order chi connectivity index (χ0) is 20.5. The van der Waals surface area contributed by atoms with Crippen molar-refractivity contribution in [3.63, 3.8) is 0 Å². The minimum absolute atomic E-state index is 0.0201. The van der Waals surface area contributed by atoms with Gasteiger partial charge in [0.05, 0.1) is 12.7 Å². The number of fused-ring (bicyclic) bond motifs is 2. The standard InChI is InChI=1S/C23H21NO5/c1-4-24-12-15(19-10-16(27-3)6-8-20(19)24)9-22-23(26)18-7-5-17(11-21(18)29-22)28-13-14(2)25/h5-12H,4,13H2,1-3H3/b22-9+. The van der Waals surface area contributed by atoms with E-state index < -0.39 is 0 Å². The van der Waals surface area contributed by atoms with Gasteiger partial charge in [0.1, 0.15) is 23.9 Å². The van der Waals surface area contributed by atoms with Crippen LogP contribution < -0.4 is 14.2 Å². The lowest BCUT2D eigenvalue weighted by Crippen LogP contribution is -2.06. The number of methoxy groups -OCH3 is 1. The summed E-state index contributed by atoms with van der Waals surface area (Å²) in [4.78, 5) is 23.9. The third-order valence-corrected chi connectivity index (χ3v) is 4.83. The lowest BCUT2D eigenvalue weighted by molar-refractivity contribution is -0.118. The number of aryl methyl sites for hydroxylation is 1. The Bertz CT molecular complexity index is 1160. The van der Waals surface area contributed by atoms with Gasteiger partial charge in [-0.15, -0.1) is 0 Å². The lowest BCUT2D eigenvalue weighted by Gasteiger charge is -2.04. The van der Waals surface area contributed by atoms with Crippen LogP contribution in [0.15, 0.2) is 48.4 Å². The molecule has 0 radical (unpaired) electrons. The van der Waals surface area contributed by atoms with E-state index in [0.717, 1.165) is 28.8 Å². The molecule has 2 heterocycles. The number of ketones is 2. The lowest BCUT2D eigenvalue weighted by atomic mass is 10.1. The van der Waals surface area contributed by atoms with Gasteiger partial charge in [-0.2, -0.15) is 0 Å². The van der Waals surface area contributed by atoms with Crippen LogP contribution in [-0.4, -0.2) is 29.9 Å². The molecule has 0 fully saturated rings. The van der Waals surface area contributed by atoms with Crippen LogP contribution in [0.3, 0.4) is 0 Å². The first-order chi connectivity index (χ1) is 14.0. The van der Waals surface area contributed by atoms with Crippen molar-refractivity contribution in [1.82, 2.24) is 4.57 Å². The second kappa shape index (κ2) is 7.47. The normalized spacial score (nSPS) is 14.2. The van der Waals surface area contributed by atoms with Crippen molar-refractivity contribution in [1.29, 1.82) is 0 Å². The number of carbonyl (C=O) groups excluding carboxylic acids is 2. The number of aromatic nitrogens is 1. The zero-order valence-electron chi connectivity index (χ0n) is 16.5. The van der Waals surface area contributed by atoms with Crippen LogP contribution in [0, 0.1) is 0 Å². The summed E-state index contributed by atoms with van der Waals surface area (Å²) in [5.74, 6) is 1.66. The number of rotatable bonds is 6. The van der Waals surface area contributed by atoms with E-state index in [0.29, 0.717) is 17.1 Å². The summed E-state index contributed by atoms with van der Waals surface area (Å²) in [7, 11) is 1.63. The molecule has 0 bridgehead atoms. The van der Waals surface area contributed by atoms with Crippen molar-refractivity contribution < 1.29 is 23.8 Å². The van der Waals surface area contributed by atoms with Gasteiger partial charge in [-0.25, -0.2) is 0 Å². The third kappa shape index (κ3) is 3.49. The molecule has 29 heavy (non-hydrogen) atoms. The Labute approximate surface area is 168 Å². The number of hydrogen-bond donors (Lipinski definition) is 0. The van der Waals surface area contributed by atoms with Crippen molar-refractivity contribution in [3.05, 3.63) is 59.5 Å². The molecule has 1 aliphatic rings. The Morgan fingerprint density at radius 1 is 1.17 bits per heavy atom. The number of allylic oxidation sites excluding steroid dienone is 1. The van der Waals surface area contributed by atoms with Crippen molar-refractivity contribution in [3.8, 4) is 17.2 Å². The largest absolute Gasteiger partial charge is 0.497 e. The summed E-state index contributed by atoms with van der Waals surface area (Å²) in [5.41, 5.74) is 2.41. The fourth-order valence-electron chi connectivity index (χ4n) is 3.39. The Hall–Kier alpha value is -3.54. The Kier molecular flexibility index (Phi) is 4.84. The topological polar surface area (TPSA) is 66.8 Å². The number of nitrogens with zero attached hydrogens (tertiary/aromatic N) is 1. The second-order valence-electron chi connectivity index (χ2n) is 6.84. The van der Waals surface area contributed by atoms with Gasteiger partial charge in [-0.05, 0) is 50.3 Å². The summed E-state index contributed by atoms with van der Waals surface area (Å²) in [5, 5.41) is 0.983.